The number of carbonyl (C=O) groups is 2. The summed E-state index contributed by atoms with van der Waals surface area (Å²) in [6.07, 6.45) is 8.96. The molecule has 1 atom stereocenters. The highest BCUT2D eigenvalue weighted by Gasteiger charge is 2.51. The summed E-state index contributed by atoms with van der Waals surface area (Å²) in [4.78, 5) is 28.8. The van der Waals surface area contributed by atoms with Crippen LogP contribution in [0.3, 0.4) is 0 Å². The first-order valence-corrected chi connectivity index (χ1v) is 17.8. The second kappa shape index (κ2) is 12.6. The molecule has 0 heterocycles. The normalized spacial score (nSPS) is 24.2. The van der Waals surface area contributed by atoms with Gasteiger partial charge in [0.2, 0.25) is 21.8 Å². The number of nitrogens with one attached hydrogen (secondary N) is 1. The Bertz CT molecular complexity index is 1590. The molecule has 4 aliphatic rings. The van der Waals surface area contributed by atoms with Gasteiger partial charge in [0.25, 0.3) is 0 Å². The summed E-state index contributed by atoms with van der Waals surface area (Å²) in [7, 11) is -2.35. The maximum Gasteiger partial charge on any atom is 0.244 e. The first-order chi connectivity index (χ1) is 21.5. The molecule has 4 saturated carbocycles. The molecule has 4 aliphatic carbocycles. The molecule has 1 N–H and O–H groups in total. The van der Waals surface area contributed by atoms with Crippen molar-refractivity contribution in [2.75, 3.05) is 24.2 Å². The van der Waals surface area contributed by atoms with Crippen LogP contribution in [0.4, 0.5) is 10.1 Å². The quantitative estimate of drug-likeness (QED) is 0.305. The summed E-state index contributed by atoms with van der Waals surface area (Å²) in [5.74, 6) is 1.05. The van der Waals surface area contributed by atoms with E-state index in [0.717, 1.165) is 33.9 Å². The number of hydrogen-bond donors (Lipinski definition) is 1. The lowest BCUT2D eigenvalue weighted by Crippen LogP contribution is -2.52. The molecular formula is C36H42FN3O4S. The predicted octanol–water partition coefficient (Wildman–Crippen LogP) is 5.45. The average Bonchev–Trinajstić information content (AvgIpc) is 3.01. The molecule has 0 aromatic heterocycles. The molecule has 2 amide bonds. The smallest absolute Gasteiger partial charge is 0.244 e. The van der Waals surface area contributed by atoms with E-state index in [0.29, 0.717) is 11.3 Å². The summed E-state index contributed by atoms with van der Waals surface area (Å²) >= 11 is 0. The summed E-state index contributed by atoms with van der Waals surface area (Å²) in [5.41, 5.74) is 3.33. The van der Waals surface area contributed by atoms with E-state index >= 15 is 0 Å². The molecule has 7 nitrogen and oxygen atoms in total. The second-order valence-corrected chi connectivity index (χ2v) is 15.4. The number of anilines is 1. The number of amides is 2. The van der Waals surface area contributed by atoms with Gasteiger partial charge in [-0.1, -0.05) is 54.6 Å². The molecule has 0 unspecified atom stereocenters. The zero-order chi connectivity index (χ0) is 31.8. The van der Waals surface area contributed by atoms with E-state index in [1.54, 1.807) is 12.1 Å². The van der Waals surface area contributed by atoms with Crippen molar-refractivity contribution < 1.29 is 22.4 Å². The molecule has 0 radical (unpaired) electrons. The van der Waals surface area contributed by atoms with Crippen LogP contribution in [0.2, 0.25) is 0 Å². The van der Waals surface area contributed by atoms with Crippen molar-refractivity contribution in [2.45, 2.75) is 62.9 Å². The van der Waals surface area contributed by atoms with Crippen LogP contribution >= 0.6 is 0 Å². The Hall–Kier alpha value is -3.72. The number of sulfonamides is 1. The van der Waals surface area contributed by atoms with Crippen LogP contribution in [-0.2, 0) is 38.0 Å². The van der Waals surface area contributed by atoms with Crippen molar-refractivity contribution >= 4 is 27.5 Å². The first-order valence-electron chi connectivity index (χ1n) is 15.9. The standard InChI is InChI=1S/C36H42FN3O4S/c1-38-35(42)33(19-25-6-4-3-5-7-25)39(23-26-8-12-31(37)13-9-26)34(41)24-40(45(2,43)44)32-14-10-30(11-15-32)36-20-27-16-28(21-36)18-29(17-27)22-36/h3-15,27-29,33H,16-24H2,1-2H3,(H,38,42)/t27?,28?,29?,33-,36?/m0/s1. The predicted molar refractivity (Wildman–Crippen MR) is 173 cm³/mol. The average molecular weight is 632 g/mol. The summed E-state index contributed by atoms with van der Waals surface area (Å²) < 4.78 is 41.2. The molecule has 4 bridgehead atoms. The fourth-order valence-corrected chi connectivity index (χ4v) is 9.42. The van der Waals surface area contributed by atoms with E-state index in [-0.39, 0.29) is 24.3 Å². The van der Waals surface area contributed by atoms with Gasteiger partial charge in [-0.15, -0.1) is 0 Å². The third-order valence-electron chi connectivity index (χ3n) is 10.3. The number of hydrogen-bond acceptors (Lipinski definition) is 4. The van der Waals surface area contributed by atoms with Gasteiger partial charge in [0.15, 0.2) is 0 Å². The number of carbonyl (C=O) groups excluding carboxylic acids is 2. The van der Waals surface area contributed by atoms with Crippen molar-refractivity contribution in [1.29, 1.82) is 0 Å². The molecule has 3 aromatic carbocycles. The molecule has 0 saturated heterocycles. The monoisotopic (exact) mass is 631 g/mol. The highest BCUT2D eigenvalue weighted by molar-refractivity contribution is 7.92. The lowest BCUT2D eigenvalue weighted by atomic mass is 9.48. The van der Waals surface area contributed by atoms with Crippen LogP contribution in [0.5, 0.6) is 0 Å². The van der Waals surface area contributed by atoms with Crippen LogP contribution in [0.1, 0.15) is 55.2 Å². The number of halogens is 1. The van der Waals surface area contributed by atoms with Crippen LogP contribution in [0.15, 0.2) is 78.9 Å². The van der Waals surface area contributed by atoms with E-state index < -0.39 is 34.3 Å². The highest BCUT2D eigenvalue weighted by Crippen LogP contribution is 2.60. The first kappa shape index (κ1) is 31.3. The van der Waals surface area contributed by atoms with Gasteiger partial charge in [0, 0.05) is 20.0 Å². The van der Waals surface area contributed by atoms with E-state index in [1.165, 1.54) is 68.2 Å². The summed E-state index contributed by atoms with van der Waals surface area (Å²) in [6, 6.07) is 21.9. The van der Waals surface area contributed by atoms with Gasteiger partial charge in [0.1, 0.15) is 18.4 Å². The van der Waals surface area contributed by atoms with Gasteiger partial charge in [-0.3, -0.25) is 13.9 Å². The molecule has 45 heavy (non-hydrogen) atoms. The van der Waals surface area contributed by atoms with Crippen molar-refractivity contribution in [3.8, 4) is 0 Å². The van der Waals surface area contributed by atoms with Gasteiger partial charge < -0.3 is 10.2 Å². The molecule has 3 aromatic rings. The number of rotatable bonds is 11. The maximum atomic E-state index is 14.2. The van der Waals surface area contributed by atoms with Gasteiger partial charge in [-0.05, 0) is 103 Å². The fourth-order valence-electron chi connectivity index (χ4n) is 8.57. The Morgan fingerprint density at radius 1 is 0.867 bits per heavy atom. The Labute approximate surface area is 265 Å². The Morgan fingerprint density at radius 2 is 1.44 bits per heavy atom. The zero-order valence-corrected chi connectivity index (χ0v) is 26.8. The van der Waals surface area contributed by atoms with Crippen LogP contribution in [-0.4, -0.2) is 51.0 Å². The summed E-state index contributed by atoms with van der Waals surface area (Å²) in [5, 5.41) is 2.67. The number of nitrogens with zero attached hydrogens (tertiary/aromatic N) is 2. The van der Waals surface area contributed by atoms with Crippen molar-refractivity contribution in [2.24, 2.45) is 17.8 Å². The largest absolute Gasteiger partial charge is 0.357 e. The maximum absolute atomic E-state index is 14.2. The molecular weight excluding hydrogens is 589 g/mol. The van der Waals surface area contributed by atoms with Crippen LogP contribution < -0.4 is 9.62 Å². The number of likely N-dealkylation sites (N-methyl/N-ethyl adjacent to an activating group) is 1. The van der Waals surface area contributed by atoms with E-state index in [4.69, 9.17) is 0 Å². The van der Waals surface area contributed by atoms with Crippen molar-refractivity contribution in [3.05, 3.63) is 101 Å². The van der Waals surface area contributed by atoms with E-state index in [9.17, 15) is 22.4 Å². The topological polar surface area (TPSA) is 86.8 Å². The minimum absolute atomic E-state index is 0.00654. The van der Waals surface area contributed by atoms with Crippen molar-refractivity contribution in [3.63, 3.8) is 0 Å². The molecule has 9 heteroatoms. The molecule has 4 fully saturated rings. The third-order valence-corrected chi connectivity index (χ3v) is 11.4. The van der Waals surface area contributed by atoms with Gasteiger partial charge in [-0.2, -0.15) is 0 Å². The molecule has 0 spiro atoms. The zero-order valence-electron chi connectivity index (χ0n) is 26.0. The minimum Gasteiger partial charge on any atom is -0.357 e. The Kier molecular flexibility index (Phi) is 8.74. The van der Waals surface area contributed by atoms with Gasteiger partial charge >= 0.3 is 0 Å². The molecule has 7 rings (SSSR count). The fraction of sp³-hybridized carbons (Fsp3) is 0.444. The SMILES string of the molecule is CNC(=O)[C@H](Cc1ccccc1)N(Cc1ccc(F)cc1)C(=O)CN(c1ccc(C23CC4CC(CC(C4)C2)C3)cc1)S(C)(=O)=O. The minimum atomic E-state index is -3.86. The number of benzene rings is 3. The summed E-state index contributed by atoms with van der Waals surface area (Å²) in [6.45, 7) is -0.467. The van der Waals surface area contributed by atoms with Gasteiger partial charge in [0.05, 0.1) is 11.9 Å². The van der Waals surface area contributed by atoms with Crippen LogP contribution in [0.25, 0.3) is 0 Å². The Morgan fingerprint density at radius 3 is 1.98 bits per heavy atom. The van der Waals surface area contributed by atoms with E-state index in [1.807, 2.05) is 42.5 Å². The molecule has 238 valence electrons. The van der Waals surface area contributed by atoms with E-state index in [2.05, 4.69) is 17.4 Å². The highest BCUT2D eigenvalue weighted by atomic mass is 32.2. The lowest BCUT2D eigenvalue weighted by molar-refractivity contribution is -0.139. The second-order valence-electron chi connectivity index (χ2n) is 13.5. The Balaban J connectivity index is 1.29. The van der Waals surface area contributed by atoms with Crippen LogP contribution in [0, 0.1) is 23.6 Å². The molecule has 0 aliphatic heterocycles. The van der Waals surface area contributed by atoms with Crippen molar-refractivity contribution in [1.82, 2.24) is 10.2 Å². The third kappa shape index (κ3) is 6.78. The lowest BCUT2D eigenvalue weighted by Gasteiger charge is -2.57. The van der Waals surface area contributed by atoms with Gasteiger partial charge in [-0.25, -0.2) is 12.8 Å².